The molecule has 3 aromatic carbocycles. The number of amides is 1. The van der Waals surface area contributed by atoms with Crippen molar-refractivity contribution >= 4 is 5.91 Å². The maximum Gasteiger partial charge on any atom is 0.254 e. The normalized spacial score (nSPS) is 10.4. The molecular formula is C26H29NO5. The SMILES string of the molecule is CCOc1ccc(CN(C)C(=O)c2cc(OC)c(OCc3ccccc3)c(OC)c2)cc1. The smallest absolute Gasteiger partial charge is 0.254 e. The average Bonchev–Trinajstić information content (AvgIpc) is 2.83. The van der Waals surface area contributed by atoms with Crippen LogP contribution in [-0.2, 0) is 13.2 Å². The van der Waals surface area contributed by atoms with E-state index in [1.807, 2.05) is 61.5 Å². The Labute approximate surface area is 189 Å². The summed E-state index contributed by atoms with van der Waals surface area (Å²) in [6.07, 6.45) is 0. The third-order valence-electron chi connectivity index (χ3n) is 4.93. The molecule has 0 aliphatic heterocycles. The van der Waals surface area contributed by atoms with E-state index in [1.54, 1.807) is 38.3 Å². The maximum absolute atomic E-state index is 13.1. The second kappa shape index (κ2) is 11.1. The lowest BCUT2D eigenvalue weighted by molar-refractivity contribution is 0.0784. The van der Waals surface area contributed by atoms with Crippen LogP contribution in [0.1, 0.15) is 28.4 Å². The van der Waals surface area contributed by atoms with E-state index in [0.717, 1.165) is 16.9 Å². The average molecular weight is 436 g/mol. The number of hydrogen-bond acceptors (Lipinski definition) is 5. The van der Waals surface area contributed by atoms with E-state index >= 15 is 0 Å². The van der Waals surface area contributed by atoms with Crippen LogP contribution in [0.5, 0.6) is 23.0 Å². The van der Waals surface area contributed by atoms with Gasteiger partial charge in [-0.1, -0.05) is 42.5 Å². The highest BCUT2D eigenvalue weighted by Crippen LogP contribution is 2.39. The van der Waals surface area contributed by atoms with Crippen molar-refractivity contribution in [3.05, 3.63) is 83.4 Å². The van der Waals surface area contributed by atoms with Crippen LogP contribution in [0.25, 0.3) is 0 Å². The lowest BCUT2D eigenvalue weighted by atomic mass is 10.1. The predicted octanol–water partition coefficient (Wildman–Crippen LogP) is 4.95. The van der Waals surface area contributed by atoms with Crippen LogP contribution in [0.2, 0.25) is 0 Å². The number of carbonyl (C=O) groups excluding carboxylic acids is 1. The van der Waals surface area contributed by atoms with Crippen LogP contribution in [0.4, 0.5) is 0 Å². The van der Waals surface area contributed by atoms with Crippen molar-refractivity contribution in [3.63, 3.8) is 0 Å². The van der Waals surface area contributed by atoms with E-state index in [0.29, 0.717) is 42.6 Å². The Morgan fingerprint density at radius 3 is 2.03 bits per heavy atom. The van der Waals surface area contributed by atoms with Gasteiger partial charge in [-0.15, -0.1) is 0 Å². The van der Waals surface area contributed by atoms with Crippen LogP contribution in [-0.4, -0.2) is 38.7 Å². The quantitative estimate of drug-likeness (QED) is 0.451. The van der Waals surface area contributed by atoms with Crippen molar-refractivity contribution in [2.75, 3.05) is 27.9 Å². The molecule has 6 nitrogen and oxygen atoms in total. The summed E-state index contributed by atoms with van der Waals surface area (Å²) in [4.78, 5) is 14.7. The highest BCUT2D eigenvalue weighted by molar-refractivity contribution is 5.95. The first-order valence-electron chi connectivity index (χ1n) is 10.5. The summed E-state index contributed by atoms with van der Waals surface area (Å²) in [6.45, 7) is 3.38. The standard InChI is InChI=1S/C26H29NO5/c1-5-31-22-13-11-19(12-14-22)17-27(2)26(28)21-15-23(29-3)25(24(16-21)30-4)32-18-20-9-7-6-8-10-20/h6-16H,5,17-18H2,1-4H3. The fourth-order valence-electron chi connectivity index (χ4n) is 3.30. The molecule has 0 saturated carbocycles. The van der Waals surface area contributed by atoms with Gasteiger partial charge in [0.15, 0.2) is 11.5 Å². The molecule has 168 valence electrons. The largest absolute Gasteiger partial charge is 0.494 e. The molecule has 0 atom stereocenters. The van der Waals surface area contributed by atoms with Gasteiger partial charge in [-0.05, 0) is 42.3 Å². The lowest BCUT2D eigenvalue weighted by Crippen LogP contribution is -2.26. The lowest BCUT2D eigenvalue weighted by Gasteiger charge is -2.20. The van der Waals surface area contributed by atoms with Crippen LogP contribution in [0, 0.1) is 0 Å². The minimum Gasteiger partial charge on any atom is -0.494 e. The predicted molar refractivity (Wildman–Crippen MR) is 124 cm³/mol. The zero-order valence-corrected chi connectivity index (χ0v) is 19.0. The van der Waals surface area contributed by atoms with Gasteiger partial charge in [0.05, 0.1) is 20.8 Å². The molecule has 0 spiro atoms. The van der Waals surface area contributed by atoms with Crippen molar-refractivity contribution in [2.45, 2.75) is 20.1 Å². The monoisotopic (exact) mass is 435 g/mol. The first kappa shape index (κ1) is 23.0. The fraction of sp³-hybridized carbons (Fsp3) is 0.269. The summed E-state index contributed by atoms with van der Waals surface area (Å²) in [5.41, 5.74) is 2.48. The van der Waals surface area contributed by atoms with Crippen LogP contribution in [0.15, 0.2) is 66.7 Å². The Hall–Kier alpha value is -3.67. The molecule has 0 saturated heterocycles. The molecule has 0 heterocycles. The minimum absolute atomic E-state index is 0.148. The maximum atomic E-state index is 13.1. The topological polar surface area (TPSA) is 57.2 Å². The van der Waals surface area contributed by atoms with Gasteiger partial charge >= 0.3 is 0 Å². The van der Waals surface area contributed by atoms with Crippen LogP contribution >= 0.6 is 0 Å². The Balaban J connectivity index is 1.76. The van der Waals surface area contributed by atoms with Gasteiger partial charge in [0, 0.05) is 19.2 Å². The van der Waals surface area contributed by atoms with Crippen molar-refractivity contribution in [2.24, 2.45) is 0 Å². The molecule has 3 rings (SSSR count). The first-order chi connectivity index (χ1) is 15.5. The Morgan fingerprint density at radius 2 is 1.47 bits per heavy atom. The number of nitrogens with zero attached hydrogens (tertiary/aromatic N) is 1. The molecule has 32 heavy (non-hydrogen) atoms. The molecule has 0 N–H and O–H groups in total. The Morgan fingerprint density at radius 1 is 0.844 bits per heavy atom. The van der Waals surface area contributed by atoms with Gasteiger partial charge in [0.1, 0.15) is 12.4 Å². The molecule has 3 aromatic rings. The number of ether oxygens (including phenoxy) is 4. The number of methoxy groups -OCH3 is 2. The second-order valence-electron chi connectivity index (χ2n) is 7.22. The molecule has 0 aliphatic rings. The van der Waals surface area contributed by atoms with Crippen molar-refractivity contribution in [3.8, 4) is 23.0 Å². The van der Waals surface area contributed by atoms with Crippen molar-refractivity contribution < 1.29 is 23.7 Å². The third-order valence-corrected chi connectivity index (χ3v) is 4.93. The Kier molecular flexibility index (Phi) is 7.97. The molecule has 0 radical (unpaired) electrons. The van der Waals surface area contributed by atoms with E-state index in [2.05, 4.69) is 0 Å². The van der Waals surface area contributed by atoms with Crippen molar-refractivity contribution in [1.29, 1.82) is 0 Å². The van der Waals surface area contributed by atoms with Gasteiger partial charge < -0.3 is 23.8 Å². The molecule has 0 bridgehead atoms. The summed E-state index contributed by atoms with van der Waals surface area (Å²) in [5.74, 6) is 2.01. The minimum atomic E-state index is -0.148. The number of hydrogen-bond donors (Lipinski definition) is 0. The summed E-state index contributed by atoms with van der Waals surface area (Å²) < 4.78 is 22.5. The first-order valence-corrected chi connectivity index (χ1v) is 10.5. The molecule has 0 aromatic heterocycles. The zero-order valence-electron chi connectivity index (χ0n) is 19.0. The highest BCUT2D eigenvalue weighted by atomic mass is 16.5. The van der Waals surface area contributed by atoms with Gasteiger partial charge in [0.2, 0.25) is 5.75 Å². The van der Waals surface area contributed by atoms with E-state index in [9.17, 15) is 4.79 Å². The summed E-state index contributed by atoms with van der Waals surface area (Å²) >= 11 is 0. The van der Waals surface area contributed by atoms with Gasteiger partial charge in [-0.25, -0.2) is 0 Å². The molecular weight excluding hydrogens is 406 g/mol. The molecule has 0 aliphatic carbocycles. The molecule has 0 fully saturated rings. The molecule has 6 heteroatoms. The molecule has 0 unspecified atom stereocenters. The molecule has 1 amide bonds. The number of carbonyl (C=O) groups is 1. The van der Waals surface area contributed by atoms with E-state index in [4.69, 9.17) is 18.9 Å². The Bertz CT molecular complexity index is 993. The van der Waals surface area contributed by atoms with E-state index < -0.39 is 0 Å². The number of benzene rings is 3. The van der Waals surface area contributed by atoms with Crippen LogP contribution in [0.3, 0.4) is 0 Å². The second-order valence-corrected chi connectivity index (χ2v) is 7.22. The summed E-state index contributed by atoms with van der Waals surface area (Å²) in [5, 5.41) is 0. The fourth-order valence-corrected chi connectivity index (χ4v) is 3.30. The van der Waals surface area contributed by atoms with Crippen LogP contribution < -0.4 is 18.9 Å². The van der Waals surface area contributed by atoms with E-state index in [1.165, 1.54) is 0 Å². The zero-order chi connectivity index (χ0) is 22.9. The number of rotatable bonds is 10. The van der Waals surface area contributed by atoms with Gasteiger partial charge in [-0.3, -0.25) is 4.79 Å². The summed E-state index contributed by atoms with van der Waals surface area (Å²) in [7, 11) is 4.85. The van der Waals surface area contributed by atoms with Gasteiger partial charge in [0.25, 0.3) is 5.91 Å². The highest BCUT2D eigenvalue weighted by Gasteiger charge is 2.20. The third kappa shape index (κ3) is 5.72. The summed E-state index contributed by atoms with van der Waals surface area (Å²) in [6, 6.07) is 20.9. The van der Waals surface area contributed by atoms with Crippen molar-refractivity contribution in [1.82, 2.24) is 4.90 Å². The van der Waals surface area contributed by atoms with E-state index in [-0.39, 0.29) is 5.91 Å². The van der Waals surface area contributed by atoms with Gasteiger partial charge in [-0.2, -0.15) is 0 Å².